The molecule has 1 aliphatic heterocycles. The summed E-state index contributed by atoms with van der Waals surface area (Å²) >= 11 is 0. The van der Waals surface area contributed by atoms with Crippen LogP contribution in [0.1, 0.15) is 13.3 Å². The number of halogens is 1. The minimum absolute atomic E-state index is 0.0471. The van der Waals surface area contributed by atoms with Crippen LogP contribution in [-0.4, -0.2) is 31.7 Å². The number of primary amides is 1. The van der Waals surface area contributed by atoms with Crippen LogP contribution in [-0.2, 0) is 14.8 Å². The van der Waals surface area contributed by atoms with Gasteiger partial charge in [0.2, 0.25) is 15.9 Å². The molecule has 1 atom stereocenters. The van der Waals surface area contributed by atoms with E-state index in [-0.39, 0.29) is 18.8 Å². The van der Waals surface area contributed by atoms with Crippen molar-refractivity contribution in [1.82, 2.24) is 4.31 Å². The normalized spacial score (nSPS) is 23.9. The Morgan fingerprint density at radius 3 is 2.60 bits per heavy atom. The molecule has 4 N–H and O–H groups in total. The molecular weight excluding hydrogens is 285 g/mol. The average molecular weight is 301 g/mol. The highest BCUT2D eigenvalue weighted by atomic mass is 32.2. The highest BCUT2D eigenvalue weighted by Gasteiger charge is 2.44. The second-order valence-corrected chi connectivity index (χ2v) is 7.11. The van der Waals surface area contributed by atoms with E-state index in [1.807, 2.05) is 0 Å². The van der Waals surface area contributed by atoms with Crippen molar-refractivity contribution in [3.63, 3.8) is 0 Å². The average Bonchev–Trinajstić information content (AvgIpc) is 2.73. The van der Waals surface area contributed by atoms with Gasteiger partial charge in [-0.1, -0.05) is 0 Å². The van der Waals surface area contributed by atoms with Crippen molar-refractivity contribution < 1.29 is 17.6 Å². The number of nitrogens with two attached hydrogens (primary N) is 2. The number of hydrogen-bond acceptors (Lipinski definition) is 4. The molecule has 1 aromatic rings. The third kappa shape index (κ3) is 2.36. The molecular formula is C12H16FN3O3S. The summed E-state index contributed by atoms with van der Waals surface area (Å²) in [5, 5.41) is 0. The Hall–Kier alpha value is -1.67. The van der Waals surface area contributed by atoms with Crippen LogP contribution in [0.5, 0.6) is 0 Å². The van der Waals surface area contributed by atoms with Gasteiger partial charge in [0.25, 0.3) is 0 Å². The Bertz CT molecular complexity index is 662. The molecule has 1 amide bonds. The highest BCUT2D eigenvalue weighted by molar-refractivity contribution is 7.89. The first kappa shape index (κ1) is 14.7. The number of carbonyl (C=O) groups excluding carboxylic acids is 1. The fourth-order valence-corrected chi connectivity index (χ4v) is 3.80. The zero-order chi connectivity index (χ0) is 15.1. The van der Waals surface area contributed by atoms with Gasteiger partial charge in [-0.05, 0) is 31.5 Å². The van der Waals surface area contributed by atoms with Crippen molar-refractivity contribution in [2.45, 2.75) is 18.2 Å². The predicted molar refractivity (Wildman–Crippen MR) is 71.5 cm³/mol. The van der Waals surface area contributed by atoms with Crippen LogP contribution < -0.4 is 11.5 Å². The molecule has 0 bridgehead atoms. The molecule has 1 saturated heterocycles. The summed E-state index contributed by atoms with van der Waals surface area (Å²) in [6, 6.07) is 3.40. The highest BCUT2D eigenvalue weighted by Crippen LogP contribution is 2.33. The van der Waals surface area contributed by atoms with Gasteiger partial charge in [-0.2, -0.15) is 4.31 Å². The van der Waals surface area contributed by atoms with Gasteiger partial charge in [-0.3, -0.25) is 4.79 Å². The number of sulfonamides is 1. The van der Waals surface area contributed by atoms with Crippen molar-refractivity contribution in [3.05, 3.63) is 24.0 Å². The summed E-state index contributed by atoms with van der Waals surface area (Å²) in [7, 11) is -4.00. The maximum Gasteiger partial charge on any atom is 0.246 e. The van der Waals surface area contributed by atoms with Crippen LogP contribution in [0.15, 0.2) is 23.1 Å². The number of nitrogens with zero attached hydrogens (tertiary/aromatic N) is 1. The number of carbonyl (C=O) groups is 1. The zero-order valence-electron chi connectivity index (χ0n) is 11.0. The molecule has 20 heavy (non-hydrogen) atoms. The van der Waals surface area contributed by atoms with Crippen LogP contribution in [0.2, 0.25) is 0 Å². The van der Waals surface area contributed by atoms with Crippen molar-refractivity contribution in [3.8, 4) is 0 Å². The fourth-order valence-electron chi connectivity index (χ4n) is 2.19. The molecule has 0 spiro atoms. The second kappa shape index (κ2) is 4.71. The van der Waals surface area contributed by atoms with Gasteiger partial charge in [0.1, 0.15) is 10.7 Å². The van der Waals surface area contributed by atoms with E-state index in [1.165, 1.54) is 6.07 Å². The lowest BCUT2D eigenvalue weighted by Crippen LogP contribution is -2.38. The molecule has 8 heteroatoms. The maximum absolute atomic E-state index is 13.8. The lowest BCUT2D eigenvalue weighted by atomic mass is 9.89. The molecule has 1 unspecified atom stereocenters. The fraction of sp³-hybridized carbons (Fsp3) is 0.417. The summed E-state index contributed by atoms with van der Waals surface area (Å²) in [6.07, 6.45) is 0.318. The molecule has 2 rings (SSSR count). The Labute approximate surface area is 116 Å². The van der Waals surface area contributed by atoms with Crippen LogP contribution in [0.25, 0.3) is 0 Å². The van der Waals surface area contributed by atoms with E-state index in [0.29, 0.717) is 6.42 Å². The topological polar surface area (TPSA) is 106 Å². The monoisotopic (exact) mass is 301 g/mol. The van der Waals surface area contributed by atoms with Crippen molar-refractivity contribution in [2.75, 3.05) is 18.8 Å². The van der Waals surface area contributed by atoms with Gasteiger partial charge in [0.05, 0.1) is 5.41 Å². The molecule has 6 nitrogen and oxygen atoms in total. The molecule has 0 aromatic heterocycles. The standard InChI is InChI=1S/C12H16FN3O3S/c1-12(11(15)17)4-5-16(7-12)20(18,19)10-3-2-8(14)6-9(10)13/h2-3,6H,4-5,7,14H2,1H3,(H2,15,17). The van der Waals surface area contributed by atoms with Crippen molar-refractivity contribution in [2.24, 2.45) is 11.1 Å². The number of benzene rings is 1. The van der Waals surface area contributed by atoms with E-state index in [4.69, 9.17) is 11.5 Å². The predicted octanol–water partition coefficient (Wildman–Crippen LogP) is 0.294. The Kier molecular flexibility index (Phi) is 3.47. The largest absolute Gasteiger partial charge is 0.399 e. The number of nitrogen functional groups attached to an aromatic ring is 1. The van der Waals surface area contributed by atoms with Crippen molar-refractivity contribution >= 4 is 21.6 Å². The van der Waals surface area contributed by atoms with Crippen LogP contribution in [0, 0.1) is 11.2 Å². The molecule has 1 aromatic carbocycles. The van der Waals surface area contributed by atoms with Crippen molar-refractivity contribution in [1.29, 1.82) is 0 Å². The van der Waals surface area contributed by atoms with Crippen LogP contribution in [0.4, 0.5) is 10.1 Å². The van der Waals surface area contributed by atoms with E-state index in [2.05, 4.69) is 0 Å². The molecule has 1 fully saturated rings. The second-order valence-electron chi connectivity index (χ2n) is 5.20. The first-order chi connectivity index (χ1) is 9.17. The van der Waals surface area contributed by atoms with E-state index in [1.54, 1.807) is 6.92 Å². The van der Waals surface area contributed by atoms with Gasteiger partial charge in [0.15, 0.2) is 0 Å². The quantitative estimate of drug-likeness (QED) is 0.783. The first-order valence-corrected chi connectivity index (χ1v) is 7.46. The smallest absolute Gasteiger partial charge is 0.246 e. The third-order valence-corrected chi connectivity index (χ3v) is 5.49. The van der Waals surface area contributed by atoms with Crippen LogP contribution >= 0.6 is 0 Å². The summed E-state index contributed by atoms with van der Waals surface area (Å²) in [5.41, 5.74) is 9.90. The third-order valence-electron chi connectivity index (χ3n) is 3.61. The van der Waals surface area contributed by atoms with Gasteiger partial charge >= 0.3 is 0 Å². The summed E-state index contributed by atoms with van der Waals surface area (Å²) in [5.74, 6) is -1.47. The number of hydrogen-bond donors (Lipinski definition) is 2. The summed E-state index contributed by atoms with van der Waals surface area (Å²) in [6.45, 7) is 1.68. The maximum atomic E-state index is 13.8. The van der Waals surface area contributed by atoms with E-state index >= 15 is 0 Å². The van der Waals surface area contributed by atoms with Crippen LogP contribution in [0.3, 0.4) is 0 Å². The summed E-state index contributed by atoms with van der Waals surface area (Å²) in [4.78, 5) is 10.9. The minimum atomic E-state index is -4.00. The van der Waals surface area contributed by atoms with E-state index < -0.39 is 32.1 Å². The molecule has 0 aliphatic carbocycles. The SMILES string of the molecule is CC1(C(N)=O)CCN(S(=O)(=O)c2ccc(N)cc2F)C1. The minimum Gasteiger partial charge on any atom is -0.399 e. The van der Waals surface area contributed by atoms with Gasteiger partial charge in [-0.15, -0.1) is 0 Å². The lowest BCUT2D eigenvalue weighted by molar-refractivity contribution is -0.126. The number of anilines is 1. The van der Waals surface area contributed by atoms with E-state index in [9.17, 15) is 17.6 Å². The van der Waals surface area contributed by atoms with Gasteiger partial charge < -0.3 is 11.5 Å². The van der Waals surface area contributed by atoms with E-state index in [0.717, 1.165) is 16.4 Å². The Morgan fingerprint density at radius 2 is 2.10 bits per heavy atom. The molecule has 110 valence electrons. The molecule has 0 radical (unpaired) electrons. The number of rotatable bonds is 3. The van der Waals surface area contributed by atoms with Gasteiger partial charge in [-0.25, -0.2) is 12.8 Å². The number of amides is 1. The zero-order valence-corrected chi connectivity index (χ0v) is 11.8. The molecule has 1 heterocycles. The molecule has 0 saturated carbocycles. The van der Waals surface area contributed by atoms with Gasteiger partial charge in [0, 0.05) is 18.8 Å². The molecule has 1 aliphatic rings. The Balaban J connectivity index is 2.35. The first-order valence-electron chi connectivity index (χ1n) is 6.02. The summed E-state index contributed by atoms with van der Waals surface area (Å²) < 4.78 is 39.6. The lowest BCUT2D eigenvalue weighted by Gasteiger charge is -2.21. The Morgan fingerprint density at radius 1 is 1.45 bits per heavy atom.